The van der Waals surface area contributed by atoms with Crippen LogP contribution in [0.4, 0.5) is 0 Å². The Bertz CT molecular complexity index is 304. The van der Waals surface area contributed by atoms with E-state index in [1.54, 1.807) is 0 Å². The molecule has 0 aromatic heterocycles. The average Bonchev–Trinajstić information content (AvgIpc) is 1.93. The van der Waals surface area contributed by atoms with E-state index in [-0.39, 0.29) is 0 Å². The molecule has 0 heterocycles. The summed E-state index contributed by atoms with van der Waals surface area (Å²) >= 11 is 5.84. The van der Waals surface area contributed by atoms with Gasteiger partial charge in [0.15, 0.2) is 0 Å². The van der Waals surface area contributed by atoms with Crippen LogP contribution in [0.25, 0.3) is 0 Å². The fourth-order valence-corrected chi connectivity index (χ4v) is 2.17. The Hall–Kier alpha value is -0.473. The van der Waals surface area contributed by atoms with Gasteiger partial charge in [0, 0.05) is 5.02 Å². The summed E-state index contributed by atoms with van der Waals surface area (Å²) in [6, 6.07) is 5.73. The van der Waals surface area contributed by atoms with Crippen molar-refractivity contribution in [2.45, 2.75) is 26.6 Å². The van der Waals surface area contributed by atoms with Crippen LogP contribution in [0, 0.1) is 6.92 Å². The van der Waals surface area contributed by atoms with E-state index in [1.165, 1.54) is 0 Å². The second-order valence-corrected chi connectivity index (χ2v) is 8.99. The zero-order valence-electron chi connectivity index (χ0n) is 8.52. The van der Waals surface area contributed by atoms with E-state index < -0.39 is 8.32 Å². The first-order valence-corrected chi connectivity index (χ1v) is 8.12. The summed E-state index contributed by atoms with van der Waals surface area (Å²) in [5, 5.41) is 0.764. The Morgan fingerprint density at radius 3 is 2.31 bits per heavy atom. The molecule has 0 bridgehead atoms. The number of hydrogen-bond acceptors (Lipinski definition) is 1. The molecule has 0 aliphatic rings. The van der Waals surface area contributed by atoms with Crippen LogP contribution < -0.4 is 4.43 Å². The lowest BCUT2D eigenvalue weighted by atomic mass is 10.2. The topological polar surface area (TPSA) is 9.23 Å². The molecule has 0 amide bonds. The highest BCUT2D eigenvalue weighted by atomic mass is 35.5. The molecule has 0 radical (unpaired) electrons. The zero-order chi connectivity index (χ0) is 10.1. The van der Waals surface area contributed by atoms with Gasteiger partial charge < -0.3 is 4.43 Å². The van der Waals surface area contributed by atoms with Gasteiger partial charge in [-0.1, -0.05) is 11.6 Å². The Morgan fingerprint density at radius 1 is 1.23 bits per heavy atom. The van der Waals surface area contributed by atoms with Gasteiger partial charge in [-0.15, -0.1) is 0 Å². The minimum absolute atomic E-state index is 0.764. The van der Waals surface area contributed by atoms with Crippen molar-refractivity contribution in [1.29, 1.82) is 0 Å². The van der Waals surface area contributed by atoms with Gasteiger partial charge in [0.1, 0.15) is 5.75 Å². The highest BCUT2D eigenvalue weighted by Gasteiger charge is 2.17. The fourth-order valence-electron chi connectivity index (χ4n) is 1.06. The van der Waals surface area contributed by atoms with Crippen molar-refractivity contribution < 1.29 is 4.43 Å². The molecule has 72 valence electrons. The van der Waals surface area contributed by atoms with Crippen LogP contribution in [0.1, 0.15) is 5.56 Å². The predicted molar refractivity (Wildman–Crippen MR) is 60.2 cm³/mol. The quantitative estimate of drug-likeness (QED) is 0.680. The summed E-state index contributed by atoms with van der Waals surface area (Å²) < 4.78 is 5.87. The van der Waals surface area contributed by atoms with Crippen LogP contribution in [0.5, 0.6) is 5.75 Å². The molecule has 1 aromatic carbocycles. The van der Waals surface area contributed by atoms with Crippen molar-refractivity contribution in [3.63, 3.8) is 0 Å². The van der Waals surface area contributed by atoms with Crippen LogP contribution in [0.3, 0.4) is 0 Å². The maximum Gasteiger partial charge on any atom is 0.242 e. The number of rotatable bonds is 2. The third kappa shape index (κ3) is 3.41. The third-order valence-electron chi connectivity index (χ3n) is 1.55. The molecule has 0 unspecified atom stereocenters. The van der Waals surface area contributed by atoms with Crippen molar-refractivity contribution in [1.82, 2.24) is 0 Å². The van der Waals surface area contributed by atoms with Gasteiger partial charge in [-0.05, 0) is 50.3 Å². The van der Waals surface area contributed by atoms with Crippen LogP contribution in [0.15, 0.2) is 18.2 Å². The van der Waals surface area contributed by atoms with E-state index in [1.807, 2.05) is 25.1 Å². The van der Waals surface area contributed by atoms with E-state index in [0.29, 0.717) is 0 Å². The second kappa shape index (κ2) is 3.72. The standard InChI is InChI=1S/C10H15ClOSi/c1-8-7-9(11)5-6-10(8)12-13(2,3)4/h5-7H,1-4H3. The number of benzene rings is 1. The van der Waals surface area contributed by atoms with Crippen molar-refractivity contribution in [2.24, 2.45) is 0 Å². The molecule has 0 fully saturated rings. The zero-order valence-corrected chi connectivity index (χ0v) is 10.3. The van der Waals surface area contributed by atoms with Crippen LogP contribution in [0.2, 0.25) is 24.7 Å². The van der Waals surface area contributed by atoms with Gasteiger partial charge in [-0.3, -0.25) is 0 Å². The monoisotopic (exact) mass is 214 g/mol. The maximum absolute atomic E-state index is 5.87. The van der Waals surface area contributed by atoms with Gasteiger partial charge >= 0.3 is 0 Å². The largest absolute Gasteiger partial charge is 0.544 e. The molecule has 0 spiro atoms. The molecule has 13 heavy (non-hydrogen) atoms. The van der Waals surface area contributed by atoms with E-state index >= 15 is 0 Å². The molecule has 0 saturated carbocycles. The summed E-state index contributed by atoms with van der Waals surface area (Å²) in [5.74, 6) is 0.962. The molecule has 0 saturated heterocycles. The van der Waals surface area contributed by atoms with Gasteiger partial charge in [0.2, 0.25) is 8.32 Å². The summed E-state index contributed by atoms with van der Waals surface area (Å²) in [7, 11) is -1.49. The van der Waals surface area contributed by atoms with Crippen molar-refractivity contribution in [3.05, 3.63) is 28.8 Å². The molecule has 0 aliphatic carbocycles. The van der Waals surface area contributed by atoms with Crippen molar-refractivity contribution in [3.8, 4) is 5.75 Å². The number of aryl methyl sites for hydroxylation is 1. The normalized spacial score (nSPS) is 11.5. The minimum Gasteiger partial charge on any atom is -0.544 e. The molecule has 1 aromatic rings. The van der Waals surface area contributed by atoms with Gasteiger partial charge in [0.05, 0.1) is 0 Å². The Morgan fingerprint density at radius 2 is 1.85 bits per heavy atom. The lowest BCUT2D eigenvalue weighted by Crippen LogP contribution is -2.29. The molecule has 0 atom stereocenters. The third-order valence-corrected chi connectivity index (χ3v) is 2.62. The highest BCUT2D eigenvalue weighted by molar-refractivity contribution is 6.70. The van der Waals surface area contributed by atoms with Gasteiger partial charge in [0.25, 0.3) is 0 Å². The van der Waals surface area contributed by atoms with E-state index in [4.69, 9.17) is 16.0 Å². The van der Waals surface area contributed by atoms with Crippen LogP contribution in [-0.2, 0) is 0 Å². The molecule has 3 heteroatoms. The lowest BCUT2D eigenvalue weighted by Gasteiger charge is -2.20. The Labute approximate surface area is 85.8 Å². The van der Waals surface area contributed by atoms with Crippen LogP contribution in [-0.4, -0.2) is 8.32 Å². The van der Waals surface area contributed by atoms with E-state index in [2.05, 4.69) is 19.6 Å². The highest BCUT2D eigenvalue weighted by Crippen LogP contribution is 2.24. The van der Waals surface area contributed by atoms with Crippen molar-refractivity contribution >= 4 is 19.9 Å². The minimum atomic E-state index is -1.49. The summed E-state index contributed by atoms with van der Waals surface area (Å²) in [5.41, 5.74) is 1.11. The first-order chi connectivity index (χ1) is 5.88. The molecule has 0 aliphatic heterocycles. The summed E-state index contributed by atoms with van der Waals surface area (Å²) in [6.07, 6.45) is 0. The molecular weight excluding hydrogens is 200 g/mol. The summed E-state index contributed by atoms with van der Waals surface area (Å²) in [4.78, 5) is 0. The first-order valence-electron chi connectivity index (χ1n) is 4.34. The van der Waals surface area contributed by atoms with E-state index in [9.17, 15) is 0 Å². The number of halogens is 1. The predicted octanol–water partition coefficient (Wildman–Crippen LogP) is 3.86. The average molecular weight is 215 g/mol. The molecule has 1 nitrogen and oxygen atoms in total. The molecule has 1 rings (SSSR count). The molecular formula is C10H15ClOSi. The maximum atomic E-state index is 5.87. The lowest BCUT2D eigenvalue weighted by molar-refractivity contribution is 0.553. The summed E-state index contributed by atoms with van der Waals surface area (Å²) in [6.45, 7) is 8.52. The Balaban J connectivity index is 2.90. The van der Waals surface area contributed by atoms with Gasteiger partial charge in [-0.25, -0.2) is 0 Å². The fraction of sp³-hybridized carbons (Fsp3) is 0.400. The van der Waals surface area contributed by atoms with Crippen LogP contribution >= 0.6 is 11.6 Å². The Kier molecular flexibility index (Phi) is 3.04. The smallest absolute Gasteiger partial charge is 0.242 e. The van der Waals surface area contributed by atoms with E-state index in [0.717, 1.165) is 16.3 Å². The number of hydrogen-bond donors (Lipinski definition) is 0. The molecule has 0 N–H and O–H groups in total. The SMILES string of the molecule is Cc1cc(Cl)ccc1O[Si](C)(C)C. The van der Waals surface area contributed by atoms with Crippen molar-refractivity contribution in [2.75, 3.05) is 0 Å². The first kappa shape index (κ1) is 10.6. The second-order valence-electron chi connectivity index (χ2n) is 4.12. The van der Waals surface area contributed by atoms with Gasteiger partial charge in [-0.2, -0.15) is 0 Å².